The van der Waals surface area contributed by atoms with Gasteiger partial charge in [-0.2, -0.15) is 0 Å². The average molecular weight is 336 g/mol. The number of carbonyl (C=O) groups is 1. The quantitative estimate of drug-likeness (QED) is 0.688. The van der Waals surface area contributed by atoms with Crippen molar-refractivity contribution < 1.29 is 14.3 Å². The summed E-state index contributed by atoms with van der Waals surface area (Å²) in [6.45, 7) is 0. The van der Waals surface area contributed by atoms with Crippen LogP contribution in [-0.4, -0.2) is 20.0 Å². The Kier molecular flexibility index (Phi) is 4.29. The summed E-state index contributed by atoms with van der Waals surface area (Å²) in [5.74, 6) is 0.815. The number of halogens is 1. The van der Waals surface area contributed by atoms with Crippen LogP contribution in [-0.2, 0) is 0 Å². The molecule has 5 heteroatoms. The van der Waals surface area contributed by atoms with Gasteiger partial charge < -0.3 is 15.2 Å². The minimum Gasteiger partial charge on any atom is -0.493 e. The third-order valence-electron chi connectivity index (χ3n) is 2.91. The molecule has 0 amide bonds. The summed E-state index contributed by atoms with van der Waals surface area (Å²) >= 11 is 3.33. The molecule has 0 heterocycles. The third-order valence-corrected chi connectivity index (χ3v) is 3.44. The normalized spacial score (nSPS) is 10.2. The van der Waals surface area contributed by atoms with Crippen LogP contribution >= 0.6 is 15.9 Å². The summed E-state index contributed by atoms with van der Waals surface area (Å²) in [4.78, 5) is 12.5. The van der Waals surface area contributed by atoms with Crippen LogP contribution in [0.1, 0.15) is 15.9 Å². The summed E-state index contributed by atoms with van der Waals surface area (Å²) in [7, 11) is 3.04. The number of hydrogen-bond acceptors (Lipinski definition) is 4. The van der Waals surface area contributed by atoms with Gasteiger partial charge in [-0.15, -0.1) is 0 Å². The van der Waals surface area contributed by atoms with E-state index in [0.29, 0.717) is 28.3 Å². The number of anilines is 1. The van der Waals surface area contributed by atoms with Crippen LogP contribution in [0.2, 0.25) is 0 Å². The first-order chi connectivity index (χ1) is 9.56. The Morgan fingerprint density at radius 3 is 2.15 bits per heavy atom. The molecule has 0 radical (unpaired) electrons. The molecule has 0 bridgehead atoms. The predicted molar refractivity (Wildman–Crippen MR) is 81.5 cm³/mol. The zero-order valence-corrected chi connectivity index (χ0v) is 12.7. The van der Waals surface area contributed by atoms with Crippen LogP contribution in [0.15, 0.2) is 40.9 Å². The Morgan fingerprint density at radius 1 is 1.05 bits per heavy atom. The van der Waals surface area contributed by atoms with Crippen LogP contribution in [0, 0.1) is 0 Å². The second-order valence-electron chi connectivity index (χ2n) is 4.13. The highest BCUT2D eigenvalue weighted by Crippen LogP contribution is 2.33. The van der Waals surface area contributed by atoms with Crippen molar-refractivity contribution >= 4 is 27.4 Å². The first-order valence-corrected chi connectivity index (χ1v) is 6.68. The summed E-state index contributed by atoms with van der Waals surface area (Å²) in [5.41, 5.74) is 7.24. The van der Waals surface area contributed by atoms with Crippen LogP contribution < -0.4 is 15.2 Å². The Balaban J connectivity index is 2.46. The zero-order valence-electron chi connectivity index (χ0n) is 11.1. The molecule has 0 aliphatic carbocycles. The zero-order chi connectivity index (χ0) is 14.7. The number of ketones is 1. The highest BCUT2D eigenvalue weighted by molar-refractivity contribution is 9.10. The second kappa shape index (κ2) is 5.96. The predicted octanol–water partition coefficient (Wildman–Crippen LogP) is 3.28. The summed E-state index contributed by atoms with van der Waals surface area (Å²) < 4.78 is 11.3. The molecule has 0 unspecified atom stereocenters. The lowest BCUT2D eigenvalue weighted by Gasteiger charge is -2.12. The van der Waals surface area contributed by atoms with E-state index in [1.165, 1.54) is 14.2 Å². The minimum atomic E-state index is -0.157. The molecule has 0 atom stereocenters. The fourth-order valence-corrected chi connectivity index (χ4v) is 2.11. The van der Waals surface area contributed by atoms with Gasteiger partial charge in [-0.3, -0.25) is 4.79 Å². The molecule has 0 aliphatic rings. The number of nitrogen functional groups attached to an aromatic ring is 1. The molecule has 0 aliphatic heterocycles. The SMILES string of the molecule is COc1cc(N)c(C(=O)c2ccc(Br)cc2)cc1OC. The third kappa shape index (κ3) is 2.77. The van der Waals surface area contributed by atoms with Crippen LogP contribution in [0.5, 0.6) is 11.5 Å². The number of rotatable bonds is 4. The summed E-state index contributed by atoms with van der Waals surface area (Å²) in [6, 6.07) is 10.3. The molecule has 2 rings (SSSR count). The van der Waals surface area contributed by atoms with E-state index < -0.39 is 0 Å². The van der Waals surface area contributed by atoms with Gasteiger partial charge in [0.25, 0.3) is 0 Å². The van der Waals surface area contributed by atoms with E-state index in [2.05, 4.69) is 15.9 Å². The highest BCUT2D eigenvalue weighted by atomic mass is 79.9. The summed E-state index contributed by atoms with van der Waals surface area (Å²) in [6.07, 6.45) is 0. The molecule has 0 spiro atoms. The topological polar surface area (TPSA) is 61.5 Å². The average Bonchev–Trinajstić information content (AvgIpc) is 2.47. The smallest absolute Gasteiger partial charge is 0.195 e. The standard InChI is InChI=1S/C15H14BrNO3/c1-19-13-7-11(12(17)8-14(13)20-2)15(18)9-3-5-10(16)6-4-9/h3-8H,17H2,1-2H3. The maximum absolute atomic E-state index is 12.5. The Hall–Kier alpha value is -2.01. The number of methoxy groups -OCH3 is 2. The van der Waals surface area contributed by atoms with Crippen LogP contribution in [0.4, 0.5) is 5.69 Å². The largest absolute Gasteiger partial charge is 0.493 e. The van der Waals surface area contributed by atoms with Crippen molar-refractivity contribution in [3.05, 3.63) is 52.0 Å². The van der Waals surface area contributed by atoms with Gasteiger partial charge in [0, 0.05) is 27.4 Å². The number of ether oxygens (including phenoxy) is 2. The number of carbonyl (C=O) groups excluding carboxylic acids is 1. The lowest BCUT2D eigenvalue weighted by Crippen LogP contribution is -2.06. The molecule has 104 valence electrons. The fraction of sp³-hybridized carbons (Fsp3) is 0.133. The maximum Gasteiger partial charge on any atom is 0.195 e. The van der Waals surface area contributed by atoms with Gasteiger partial charge in [0.05, 0.1) is 14.2 Å². The number of hydrogen-bond donors (Lipinski definition) is 1. The van der Waals surface area contributed by atoms with Gasteiger partial charge in [-0.1, -0.05) is 15.9 Å². The van der Waals surface area contributed by atoms with Gasteiger partial charge in [-0.25, -0.2) is 0 Å². The van der Waals surface area contributed by atoms with E-state index in [9.17, 15) is 4.79 Å². The number of benzene rings is 2. The molecule has 4 nitrogen and oxygen atoms in total. The van der Waals surface area contributed by atoms with Gasteiger partial charge in [0.2, 0.25) is 0 Å². The first kappa shape index (κ1) is 14.4. The Labute approximate surface area is 125 Å². The van der Waals surface area contributed by atoms with E-state index in [-0.39, 0.29) is 5.78 Å². The first-order valence-electron chi connectivity index (χ1n) is 5.88. The molecule has 0 aromatic heterocycles. The monoisotopic (exact) mass is 335 g/mol. The molecule has 20 heavy (non-hydrogen) atoms. The van der Waals surface area contributed by atoms with Gasteiger partial charge in [-0.05, 0) is 30.3 Å². The number of nitrogens with two attached hydrogens (primary N) is 1. The van der Waals surface area contributed by atoms with Gasteiger partial charge in [0.15, 0.2) is 17.3 Å². The van der Waals surface area contributed by atoms with Crippen molar-refractivity contribution in [2.45, 2.75) is 0 Å². The molecular formula is C15H14BrNO3. The van der Waals surface area contributed by atoms with Crippen molar-refractivity contribution in [3.8, 4) is 11.5 Å². The van der Waals surface area contributed by atoms with E-state index in [1.54, 1.807) is 24.3 Å². The minimum absolute atomic E-state index is 0.157. The van der Waals surface area contributed by atoms with Crippen molar-refractivity contribution in [2.24, 2.45) is 0 Å². The molecule has 2 N–H and O–H groups in total. The summed E-state index contributed by atoms with van der Waals surface area (Å²) in [5, 5.41) is 0. The molecular weight excluding hydrogens is 322 g/mol. The van der Waals surface area contributed by atoms with Crippen molar-refractivity contribution in [1.29, 1.82) is 0 Å². The highest BCUT2D eigenvalue weighted by Gasteiger charge is 2.16. The Bertz CT molecular complexity index is 638. The van der Waals surface area contributed by atoms with Crippen LogP contribution in [0.3, 0.4) is 0 Å². The van der Waals surface area contributed by atoms with Crippen molar-refractivity contribution in [3.63, 3.8) is 0 Å². The van der Waals surface area contributed by atoms with E-state index in [4.69, 9.17) is 15.2 Å². The lowest BCUT2D eigenvalue weighted by molar-refractivity contribution is 0.103. The maximum atomic E-state index is 12.5. The van der Waals surface area contributed by atoms with Gasteiger partial charge >= 0.3 is 0 Å². The van der Waals surface area contributed by atoms with Gasteiger partial charge in [0.1, 0.15) is 0 Å². The van der Waals surface area contributed by atoms with Crippen molar-refractivity contribution in [2.75, 3.05) is 20.0 Å². The van der Waals surface area contributed by atoms with E-state index >= 15 is 0 Å². The molecule has 0 fully saturated rings. The second-order valence-corrected chi connectivity index (χ2v) is 5.05. The lowest BCUT2D eigenvalue weighted by atomic mass is 10.0. The van der Waals surface area contributed by atoms with E-state index in [1.807, 2.05) is 12.1 Å². The van der Waals surface area contributed by atoms with E-state index in [0.717, 1.165) is 4.47 Å². The van der Waals surface area contributed by atoms with Crippen molar-refractivity contribution in [1.82, 2.24) is 0 Å². The molecule has 2 aromatic carbocycles. The Morgan fingerprint density at radius 2 is 1.60 bits per heavy atom. The molecule has 0 saturated heterocycles. The molecule has 0 saturated carbocycles. The molecule has 2 aromatic rings. The van der Waals surface area contributed by atoms with Crippen LogP contribution in [0.25, 0.3) is 0 Å². The fourth-order valence-electron chi connectivity index (χ4n) is 1.85.